The molecule has 0 aromatic rings. The Morgan fingerprint density at radius 2 is 1.23 bits per heavy atom. The predicted molar refractivity (Wildman–Crippen MR) is 96.1 cm³/mol. The van der Waals surface area contributed by atoms with Crippen LogP contribution in [0.1, 0.15) is 84.0 Å². The molecular weight excluding hydrogens is 272 g/mol. The highest BCUT2D eigenvalue weighted by atomic mass is 16.4. The van der Waals surface area contributed by atoms with Gasteiger partial charge in [-0.2, -0.15) is 0 Å². The van der Waals surface area contributed by atoms with Gasteiger partial charge in [0.15, 0.2) is 0 Å². The molecule has 126 valence electrons. The first-order valence-corrected chi connectivity index (χ1v) is 8.94. The molecule has 0 atom stereocenters. The number of carboxylic acids is 1. The molecule has 0 rings (SSSR count). The number of aliphatic carboxylic acids is 1. The monoisotopic (exact) mass is 306 g/mol. The Labute approximate surface area is 137 Å². The van der Waals surface area contributed by atoms with Crippen LogP contribution in [0.25, 0.3) is 0 Å². The number of hydrogen-bond donors (Lipinski definition) is 1. The van der Waals surface area contributed by atoms with Crippen LogP contribution in [-0.2, 0) is 4.79 Å². The first-order chi connectivity index (χ1) is 10.8. The second-order valence-corrected chi connectivity index (χ2v) is 5.72. The van der Waals surface area contributed by atoms with E-state index < -0.39 is 5.97 Å². The molecule has 0 radical (unpaired) electrons. The topological polar surface area (TPSA) is 37.3 Å². The normalized spacial score (nSPS) is 12.0. The summed E-state index contributed by atoms with van der Waals surface area (Å²) in [4.78, 5) is 10.3. The molecule has 2 nitrogen and oxygen atoms in total. The van der Waals surface area contributed by atoms with Gasteiger partial charge >= 0.3 is 5.97 Å². The predicted octanol–water partition coefficient (Wildman–Crippen LogP) is 6.44. The van der Waals surface area contributed by atoms with Gasteiger partial charge in [0.05, 0.1) is 0 Å². The number of rotatable bonds is 15. The Bertz CT molecular complexity index is 327. The maximum absolute atomic E-state index is 10.3. The van der Waals surface area contributed by atoms with E-state index in [2.05, 4.69) is 31.2 Å². The number of unbranched alkanes of at least 4 members (excludes halogenated alkanes) is 7. The average molecular weight is 306 g/mol. The van der Waals surface area contributed by atoms with Gasteiger partial charge in [-0.15, -0.1) is 0 Å². The number of hydrogen-bond acceptors (Lipinski definition) is 1. The lowest BCUT2D eigenvalue weighted by Crippen LogP contribution is -1.91. The summed E-state index contributed by atoms with van der Waals surface area (Å²) in [5.74, 6) is -0.726. The zero-order valence-electron chi connectivity index (χ0n) is 14.3. The summed E-state index contributed by atoms with van der Waals surface area (Å²) in [6.07, 6.45) is 26.4. The molecule has 0 bridgehead atoms. The second kappa shape index (κ2) is 17.7. The lowest BCUT2D eigenvalue weighted by Gasteiger charge is -1.96. The fourth-order valence-corrected chi connectivity index (χ4v) is 2.16. The van der Waals surface area contributed by atoms with Crippen molar-refractivity contribution < 1.29 is 9.90 Å². The highest BCUT2D eigenvalue weighted by molar-refractivity contribution is 5.66. The van der Waals surface area contributed by atoms with E-state index in [4.69, 9.17) is 5.11 Å². The van der Waals surface area contributed by atoms with Gasteiger partial charge in [0.1, 0.15) is 0 Å². The van der Waals surface area contributed by atoms with Crippen LogP contribution < -0.4 is 0 Å². The van der Waals surface area contributed by atoms with Crippen molar-refractivity contribution in [3.8, 4) is 0 Å². The Balaban J connectivity index is 3.25. The molecule has 22 heavy (non-hydrogen) atoms. The largest absolute Gasteiger partial charge is 0.481 e. The highest BCUT2D eigenvalue weighted by Crippen LogP contribution is 2.06. The third kappa shape index (κ3) is 18.7. The van der Waals surface area contributed by atoms with Gasteiger partial charge in [0, 0.05) is 6.42 Å². The fraction of sp³-hybridized carbons (Fsp3) is 0.650. The van der Waals surface area contributed by atoms with Crippen molar-refractivity contribution in [2.75, 3.05) is 0 Å². The summed E-state index contributed by atoms with van der Waals surface area (Å²) in [7, 11) is 0. The van der Waals surface area contributed by atoms with Gasteiger partial charge in [0.25, 0.3) is 0 Å². The minimum atomic E-state index is -0.726. The summed E-state index contributed by atoms with van der Waals surface area (Å²) in [6.45, 7) is 2.24. The van der Waals surface area contributed by atoms with Gasteiger partial charge < -0.3 is 5.11 Å². The van der Waals surface area contributed by atoms with Crippen molar-refractivity contribution in [2.45, 2.75) is 84.0 Å². The molecule has 1 N–H and O–H groups in total. The minimum Gasteiger partial charge on any atom is -0.481 e. The van der Waals surface area contributed by atoms with Crippen molar-refractivity contribution in [1.29, 1.82) is 0 Å². The first kappa shape index (κ1) is 20.7. The van der Waals surface area contributed by atoms with E-state index in [1.165, 1.54) is 51.4 Å². The van der Waals surface area contributed by atoms with Gasteiger partial charge in [0.2, 0.25) is 0 Å². The maximum Gasteiger partial charge on any atom is 0.303 e. The summed E-state index contributed by atoms with van der Waals surface area (Å²) in [5, 5.41) is 8.49. The summed E-state index contributed by atoms with van der Waals surface area (Å²) in [5.41, 5.74) is 0. The molecular formula is C20H34O2. The molecule has 0 saturated heterocycles. The maximum atomic E-state index is 10.3. The third-order valence-electron chi connectivity index (χ3n) is 3.51. The van der Waals surface area contributed by atoms with Crippen molar-refractivity contribution in [3.05, 3.63) is 36.5 Å². The molecule has 0 unspecified atom stereocenters. The molecule has 0 aliphatic rings. The molecule has 0 spiro atoms. The van der Waals surface area contributed by atoms with Crippen LogP contribution in [0.5, 0.6) is 0 Å². The number of carboxylic acid groups (broad SMARTS) is 1. The molecule has 0 saturated carbocycles. The van der Waals surface area contributed by atoms with Crippen molar-refractivity contribution in [3.63, 3.8) is 0 Å². The highest BCUT2D eigenvalue weighted by Gasteiger charge is 1.90. The van der Waals surface area contributed by atoms with Crippen LogP contribution >= 0.6 is 0 Å². The van der Waals surface area contributed by atoms with Gasteiger partial charge in [-0.05, 0) is 51.4 Å². The standard InChI is InChI=1S/C20H34O2/c1-2-3-4-5-6-7-8-9-10-11-12-13-14-15-16-17-18-19-20(21)22/h6-7,13-14,16-17H,2-5,8-12,15,18-19H2,1H3,(H,21,22)/b7-6+,14-13+,17-16+. The van der Waals surface area contributed by atoms with Crippen LogP contribution in [0, 0.1) is 0 Å². The average Bonchev–Trinajstić information content (AvgIpc) is 2.50. The van der Waals surface area contributed by atoms with Crippen LogP contribution in [-0.4, -0.2) is 11.1 Å². The van der Waals surface area contributed by atoms with E-state index in [0.717, 1.165) is 12.8 Å². The molecule has 0 fully saturated rings. The molecule has 0 aliphatic heterocycles. The van der Waals surface area contributed by atoms with E-state index in [1.54, 1.807) is 0 Å². The van der Waals surface area contributed by atoms with Crippen LogP contribution in [0.2, 0.25) is 0 Å². The number of carbonyl (C=O) groups is 1. The second-order valence-electron chi connectivity index (χ2n) is 5.72. The smallest absolute Gasteiger partial charge is 0.303 e. The third-order valence-corrected chi connectivity index (χ3v) is 3.51. The van der Waals surface area contributed by atoms with E-state index in [0.29, 0.717) is 6.42 Å². The fourth-order valence-electron chi connectivity index (χ4n) is 2.16. The minimum absolute atomic E-state index is 0.229. The zero-order chi connectivity index (χ0) is 16.3. The lowest BCUT2D eigenvalue weighted by molar-refractivity contribution is -0.136. The Morgan fingerprint density at radius 3 is 1.77 bits per heavy atom. The van der Waals surface area contributed by atoms with Gasteiger partial charge in [-0.1, -0.05) is 62.6 Å². The number of allylic oxidation sites excluding steroid dienone is 6. The SMILES string of the molecule is CCCCC/C=C/CCCCC/C=C/C/C=C/CCC(=O)O. The zero-order valence-corrected chi connectivity index (χ0v) is 14.3. The van der Waals surface area contributed by atoms with E-state index in [1.807, 2.05) is 12.2 Å². The lowest BCUT2D eigenvalue weighted by atomic mass is 10.1. The van der Waals surface area contributed by atoms with Crippen LogP contribution in [0.4, 0.5) is 0 Å². The van der Waals surface area contributed by atoms with Gasteiger partial charge in [-0.3, -0.25) is 4.79 Å². The molecule has 0 aliphatic carbocycles. The Hall–Kier alpha value is -1.31. The molecule has 0 amide bonds. The molecule has 2 heteroatoms. The first-order valence-electron chi connectivity index (χ1n) is 8.94. The van der Waals surface area contributed by atoms with E-state index in [-0.39, 0.29) is 6.42 Å². The summed E-state index contributed by atoms with van der Waals surface area (Å²) in [6, 6.07) is 0. The molecule has 0 heterocycles. The van der Waals surface area contributed by atoms with Crippen molar-refractivity contribution in [2.24, 2.45) is 0 Å². The molecule has 0 aromatic carbocycles. The van der Waals surface area contributed by atoms with E-state index >= 15 is 0 Å². The van der Waals surface area contributed by atoms with Crippen LogP contribution in [0.15, 0.2) is 36.5 Å². The summed E-state index contributed by atoms with van der Waals surface area (Å²) >= 11 is 0. The van der Waals surface area contributed by atoms with Crippen LogP contribution in [0.3, 0.4) is 0 Å². The summed E-state index contributed by atoms with van der Waals surface area (Å²) < 4.78 is 0. The van der Waals surface area contributed by atoms with Gasteiger partial charge in [-0.25, -0.2) is 0 Å². The van der Waals surface area contributed by atoms with E-state index in [9.17, 15) is 4.79 Å². The Kier molecular flexibility index (Phi) is 16.7. The van der Waals surface area contributed by atoms with Crippen molar-refractivity contribution in [1.82, 2.24) is 0 Å². The van der Waals surface area contributed by atoms with Crippen molar-refractivity contribution >= 4 is 5.97 Å². The Morgan fingerprint density at radius 1 is 0.727 bits per heavy atom. The quantitative estimate of drug-likeness (QED) is 0.279. The molecule has 0 aromatic heterocycles.